The monoisotopic (exact) mass is 466 g/mol. The van der Waals surface area contributed by atoms with E-state index in [1.54, 1.807) is 18.2 Å². The van der Waals surface area contributed by atoms with E-state index in [1.807, 2.05) is 30.3 Å². The summed E-state index contributed by atoms with van der Waals surface area (Å²) in [6, 6.07) is 24.5. The lowest BCUT2D eigenvalue weighted by Crippen LogP contribution is -2.31. The number of hydrogen-bond donors (Lipinski definition) is 0. The topological polar surface area (TPSA) is 44.8 Å². The van der Waals surface area contributed by atoms with Crippen molar-refractivity contribution in [1.82, 2.24) is 0 Å². The highest BCUT2D eigenvalue weighted by Crippen LogP contribution is 2.38. The Morgan fingerprint density at radius 1 is 0.794 bits per heavy atom. The molecule has 0 spiro atoms. The molecule has 0 fully saturated rings. The lowest BCUT2D eigenvalue weighted by molar-refractivity contribution is -0.174. The van der Waals surface area contributed by atoms with Crippen LogP contribution in [-0.4, -0.2) is 19.3 Å². The van der Waals surface area contributed by atoms with Crippen LogP contribution in [0.4, 0.5) is 13.2 Å². The molecule has 0 heterocycles. The second kappa shape index (κ2) is 9.87. The summed E-state index contributed by atoms with van der Waals surface area (Å²) in [5.41, 5.74) is 0.776. The van der Waals surface area contributed by atoms with E-state index < -0.39 is 18.1 Å². The maximum atomic E-state index is 13.9. The molecule has 4 nitrogen and oxygen atoms in total. The van der Waals surface area contributed by atoms with Crippen LogP contribution in [0.25, 0.3) is 10.8 Å². The van der Waals surface area contributed by atoms with Crippen molar-refractivity contribution in [2.45, 2.75) is 18.7 Å². The molecule has 4 rings (SSSR count). The molecule has 0 aliphatic heterocycles. The predicted molar refractivity (Wildman–Crippen MR) is 122 cm³/mol. The Kier molecular flexibility index (Phi) is 6.72. The van der Waals surface area contributed by atoms with Crippen LogP contribution in [0, 0.1) is 0 Å². The molecule has 174 valence electrons. The molecule has 34 heavy (non-hydrogen) atoms. The summed E-state index contributed by atoms with van der Waals surface area (Å²) in [6.45, 7) is 0.337. The molecule has 1 atom stereocenters. The summed E-state index contributed by atoms with van der Waals surface area (Å²) >= 11 is 0. The van der Waals surface area contributed by atoms with Gasteiger partial charge in [-0.2, -0.15) is 13.2 Å². The van der Waals surface area contributed by atoms with Gasteiger partial charge in [0.15, 0.2) is 5.92 Å². The fourth-order valence-electron chi connectivity index (χ4n) is 3.53. The zero-order valence-corrected chi connectivity index (χ0v) is 18.2. The lowest BCUT2D eigenvalue weighted by Gasteiger charge is -2.20. The zero-order chi connectivity index (χ0) is 24.1. The summed E-state index contributed by atoms with van der Waals surface area (Å²) in [7, 11) is 1.51. The highest BCUT2D eigenvalue weighted by atomic mass is 19.4. The fourth-order valence-corrected chi connectivity index (χ4v) is 3.53. The Hall–Kier alpha value is -4.00. The minimum Gasteiger partial charge on any atom is -0.497 e. The molecule has 0 aromatic heterocycles. The van der Waals surface area contributed by atoms with Gasteiger partial charge < -0.3 is 14.2 Å². The van der Waals surface area contributed by atoms with E-state index in [0.29, 0.717) is 28.9 Å². The number of carbonyl (C=O) groups excluding carboxylic acids is 1. The van der Waals surface area contributed by atoms with Crippen molar-refractivity contribution in [3.05, 3.63) is 102 Å². The minimum atomic E-state index is -4.82. The average molecular weight is 466 g/mol. The third kappa shape index (κ3) is 5.49. The number of carbonyl (C=O) groups is 1. The Morgan fingerprint density at radius 2 is 1.41 bits per heavy atom. The van der Waals surface area contributed by atoms with Gasteiger partial charge in [-0.05, 0) is 64.4 Å². The summed E-state index contributed by atoms with van der Waals surface area (Å²) in [5, 5.41) is 1.25. The number of ether oxygens (including phenoxy) is 3. The number of fused-ring (bicyclic) bond motifs is 1. The van der Waals surface area contributed by atoms with Crippen molar-refractivity contribution in [2.75, 3.05) is 7.11 Å². The van der Waals surface area contributed by atoms with Crippen LogP contribution in [-0.2, 0) is 11.4 Å². The van der Waals surface area contributed by atoms with Crippen LogP contribution in [0.1, 0.15) is 17.0 Å². The van der Waals surface area contributed by atoms with Crippen LogP contribution in [0.5, 0.6) is 17.2 Å². The van der Waals surface area contributed by atoms with Crippen molar-refractivity contribution >= 4 is 16.7 Å². The summed E-state index contributed by atoms with van der Waals surface area (Å²) in [6.07, 6.45) is -4.82. The second-order valence-electron chi connectivity index (χ2n) is 7.61. The van der Waals surface area contributed by atoms with Crippen molar-refractivity contribution < 1.29 is 32.2 Å². The molecule has 0 aliphatic rings. The van der Waals surface area contributed by atoms with E-state index in [1.165, 1.54) is 49.6 Å². The third-order valence-corrected chi connectivity index (χ3v) is 5.26. The SMILES string of the molecule is COc1ccc2cc([C@H](C(=O)Oc3ccc(OCc4ccccc4)cc3)C(F)(F)F)ccc2c1. The lowest BCUT2D eigenvalue weighted by atomic mass is 9.95. The quantitative estimate of drug-likeness (QED) is 0.225. The Labute approximate surface area is 194 Å². The van der Waals surface area contributed by atoms with Crippen LogP contribution >= 0.6 is 0 Å². The van der Waals surface area contributed by atoms with E-state index in [-0.39, 0.29) is 11.3 Å². The summed E-state index contributed by atoms with van der Waals surface area (Å²) < 4.78 is 57.5. The minimum absolute atomic E-state index is 0.00293. The van der Waals surface area contributed by atoms with E-state index in [2.05, 4.69) is 0 Å². The number of esters is 1. The summed E-state index contributed by atoms with van der Waals surface area (Å²) in [5.74, 6) is -2.74. The van der Waals surface area contributed by atoms with Gasteiger partial charge in [-0.25, -0.2) is 0 Å². The molecule has 0 saturated carbocycles. The molecule has 4 aromatic carbocycles. The van der Waals surface area contributed by atoms with Gasteiger partial charge in [-0.3, -0.25) is 4.79 Å². The molecule has 0 unspecified atom stereocenters. The second-order valence-corrected chi connectivity index (χ2v) is 7.61. The largest absolute Gasteiger partial charge is 0.497 e. The smallest absolute Gasteiger partial charge is 0.406 e. The van der Waals surface area contributed by atoms with Crippen molar-refractivity contribution in [3.63, 3.8) is 0 Å². The predicted octanol–water partition coefficient (Wildman–Crippen LogP) is 6.68. The van der Waals surface area contributed by atoms with E-state index in [4.69, 9.17) is 14.2 Å². The van der Waals surface area contributed by atoms with Gasteiger partial charge in [0.2, 0.25) is 0 Å². The number of methoxy groups -OCH3 is 1. The van der Waals surface area contributed by atoms with E-state index in [0.717, 1.165) is 5.56 Å². The van der Waals surface area contributed by atoms with Crippen molar-refractivity contribution in [2.24, 2.45) is 0 Å². The molecule has 0 saturated heterocycles. The standard InChI is InChI=1S/C27H21F3O4/c1-32-24-10-9-19-15-21(8-7-20(19)16-24)25(27(28,29)30)26(31)34-23-13-11-22(12-14-23)33-17-18-5-3-2-4-6-18/h2-16,25H,17H2,1H3/t25-/m1/s1. The van der Waals surface area contributed by atoms with E-state index >= 15 is 0 Å². The maximum absolute atomic E-state index is 13.9. The summed E-state index contributed by atoms with van der Waals surface area (Å²) in [4.78, 5) is 12.6. The maximum Gasteiger partial charge on any atom is 0.406 e. The number of alkyl halides is 3. The first-order valence-electron chi connectivity index (χ1n) is 10.5. The van der Waals surface area contributed by atoms with Crippen LogP contribution < -0.4 is 14.2 Å². The van der Waals surface area contributed by atoms with Gasteiger partial charge in [0, 0.05) is 0 Å². The number of halogens is 3. The van der Waals surface area contributed by atoms with Crippen molar-refractivity contribution in [3.8, 4) is 17.2 Å². The van der Waals surface area contributed by atoms with Gasteiger partial charge in [-0.15, -0.1) is 0 Å². The van der Waals surface area contributed by atoms with Crippen LogP contribution in [0.2, 0.25) is 0 Å². The van der Waals surface area contributed by atoms with Gasteiger partial charge in [0.1, 0.15) is 23.9 Å². The molecule has 7 heteroatoms. The highest BCUT2D eigenvalue weighted by Gasteiger charge is 2.47. The highest BCUT2D eigenvalue weighted by molar-refractivity contribution is 5.87. The van der Waals surface area contributed by atoms with Gasteiger partial charge in [-0.1, -0.05) is 48.5 Å². The zero-order valence-electron chi connectivity index (χ0n) is 18.2. The van der Waals surface area contributed by atoms with Gasteiger partial charge >= 0.3 is 12.1 Å². The Morgan fingerprint density at radius 3 is 2.09 bits per heavy atom. The van der Waals surface area contributed by atoms with Gasteiger partial charge in [0.05, 0.1) is 7.11 Å². The third-order valence-electron chi connectivity index (χ3n) is 5.26. The van der Waals surface area contributed by atoms with Gasteiger partial charge in [0.25, 0.3) is 0 Å². The molecule has 0 radical (unpaired) electrons. The number of hydrogen-bond acceptors (Lipinski definition) is 4. The van der Waals surface area contributed by atoms with Crippen LogP contribution in [0.15, 0.2) is 91.0 Å². The first-order chi connectivity index (χ1) is 16.3. The molecular weight excluding hydrogens is 445 g/mol. The Balaban J connectivity index is 1.49. The number of benzene rings is 4. The number of rotatable bonds is 7. The van der Waals surface area contributed by atoms with Crippen LogP contribution in [0.3, 0.4) is 0 Å². The fraction of sp³-hybridized carbons (Fsp3) is 0.148. The first kappa shape index (κ1) is 23.2. The van der Waals surface area contributed by atoms with Crippen molar-refractivity contribution in [1.29, 1.82) is 0 Å². The Bertz CT molecular complexity index is 1270. The first-order valence-corrected chi connectivity index (χ1v) is 10.5. The molecule has 0 N–H and O–H groups in total. The molecule has 0 amide bonds. The van der Waals surface area contributed by atoms with E-state index in [9.17, 15) is 18.0 Å². The normalized spacial score (nSPS) is 12.2. The molecule has 4 aromatic rings. The molecule has 0 aliphatic carbocycles. The average Bonchev–Trinajstić information content (AvgIpc) is 2.83. The molecular formula is C27H21F3O4. The molecule has 0 bridgehead atoms.